The number of rotatable bonds is 8. The maximum absolute atomic E-state index is 12.5. The van der Waals surface area contributed by atoms with Crippen LogP contribution in [0.1, 0.15) is 42.0 Å². The van der Waals surface area contributed by atoms with Gasteiger partial charge in [0.1, 0.15) is 5.75 Å². The lowest BCUT2D eigenvalue weighted by molar-refractivity contribution is 0.309. The molecular weight excluding hydrogens is 348 g/mol. The highest BCUT2D eigenvalue weighted by atomic mass is 32.2. The summed E-state index contributed by atoms with van der Waals surface area (Å²) in [5, 5.41) is 3.90. The van der Waals surface area contributed by atoms with E-state index in [9.17, 15) is 8.42 Å². The average molecular weight is 375 g/mol. The van der Waals surface area contributed by atoms with E-state index in [0.717, 1.165) is 29.7 Å². The summed E-state index contributed by atoms with van der Waals surface area (Å²) >= 11 is 0. The minimum atomic E-state index is -3.70. The van der Waals surface area contributed by atoms with Crippen molar-refractivity contribution in [3.63, 3.8) is 0 Å². The summed E-state index contributed by atoms with van der Waals surface area (Å²) in [6.07, 6.45) is 3.58. The maximum Gasteiger partial charge on any atom is 0.277 e. The topological polar surface area (TPSA) is 67.8 Å². The van der Waals surface area contributed by atoms with Crippen LogP contribution in [0.15, 0.2) is 46.4 Å². The van der Waals surface area contributed by atoms with E-state index in [-0.39, 0.29) is 4.90 Å². The number of hydrazone groups is 1. The second kappa shape index (κ2) is 8.85. The fraction of sp³-hybridized carbons (Fsp3) is 0.350. The van der Waals surface area contributed by atoms with E-state index in [0.29, 0.717) is 17.7 Å². The molecule has 0 bridgehead atoms. The van der Waals surface area contributed by atoms with Gasteiger partial charge in [-0.15, -0.1) is 0 Å². The van der Waals surface area contributed by atoms with Crippen molar-refractivity contribution in [3.05, 3.63) is 58.7 Å². The van der Waals surface area contributed by atoms with Gasteiger partial charge in [0.2, 0.25) is 0 Å². The Morgan fingerprint density at radius 3 is 2.27 bits per heavy atom. The molecule has 0 saturated heterocycles. The SMILES string of the molecule is CCCCOc1ccc(/C=N/NS(=O)(=O)c2c(C)cc(C)cc2C)cc1. The van der Waals surface area contributed by atoms with E-state index in [1.807, 2.05) is 43.3 Å². The van der Waals surface area contributed by atoms with Gasteiger partial charge in [0, 0.05) is 0 Å². The molecule has 0 fully saturated rings. The molecular formula is C20H26N2O3S. The highest BCUT2D eigenvalue weighted by Gasteiger charge is 2.18. The molecule has 0 aliphatic heterocycles. The van der Waals surface area contributed by atoms with Gasteiger partial charge >= 0.3 is 0 Å². The summed E-state index contributed by atoms with van der Waals surface area (Å²) in [4.78, 5) is 2.57. The largest absolute Gasteiger partial charge is 0.494 e. The van der Waals surface area contributed by atoms with Crippen molar-refractivity contribution in [1.29, 1.82) is 0 Å². The molecule has 26 heavy (non-hydrogen) atoms. The van der Waals surface area contributed by atoms with Crippen molar-refractivity contribution < 1.29 is 13.2 Å². The van der Waals surface area contributed by atoms with Gasteiger partial charge in [-0.1, -0.05) is 31.0 Å². The van der Waals surface area contributed by atoms with E-state index >= 15 is 0 Å². The number of nitrogens with one attached hydrogen (secondary N) is 1. The third kappa shape index (κ3) is 5.33. The summed E-state index contributed by atoms with van der Waals surface area (Å²) in [6.45, 7) is 8.32. The summed E-state index contributed by atoms with van der Waals surface area (Å²) < 4.78 is 30.7. The lowest BCUT2D eigenvalue weighted by Crippen LogP contribution is -2.20. The molecule has 0 unspecified atom stereocenters. The Balaban J connectivity index is 2.05. The van der Waals surface area contributed by atoms with Crippen LogP contribution in [0.3, 0.4) is 0 Å². The van der Waals surface area contributed by atoms with Gasteiger partial charge in [-0.25, -0.2) is 4.83 Å². The second-order valence-electron chi connectivity index (χ2n) is 6.35. The van der Waals surface area contributed by atoms with E-state index in [2.05, 4.69) is 16.9 Å². The molecule has 2 aromatic rings. The highest BCUT2D eigenvalue weighted by Crippen LogP contribution is 2.21. The van der Waals surface area contributed by atoms with Gasteiger partial charge in [-0.2, -0.15) is 13.5 Å². The van der Waals surface area contributed by atoms with Crippen LogP contribution in [-0.2, 0) is 10.0 Å². The van der Waals surface area contributed by atoms with Crippen LogP contribution in [0, 0.1) is 20.8 Å². The first-order valence-electron chi connectivity index (χ1n) is 8.69. The Labute approximate surface area is 156 Å². The molecule has 0 atom stereocenters. The molecule has 140 valence electrons. The third-order valence-corrected chi connectivity index (χ3v) is 5.43. The van der Waals surface area contributed by atoms with E-state index in [1.54, 1.807) is 13.8 Å². The number of hydrogen-bond acceptors (Lipinski definition) is 4. The number of unbranched alkanes of at least 4 members (excludes halogenated alkanes) is 1. The normalized spacial score (nSPS) is 11.7. The number of aryl methyl sites for hydroxylation is 3. The zero-order chi connectivity index (χ0) is 19.2. The molecule has 2 aromatic carbocycles. The van der Waals surface area contributed by atoms with E-state index in [1.165, 1.54) is 6.21 Å². The molecule has 0 aromatic heterocycles. The van der Waals surface area contributed by atoms with Crippen LogP contribution in [0.4, 0.5) is 0 Å². The molecule has 6 heteroatoms. The molecule has 0 heterocycles. The molecule has 2 rings (SSSR count). The first kappa shape index (κ1) is 20.0. The molecule has 0 radical (unpaired) electrons. The van der Waals surface area contributed by atoms with Crippen LogP contribution in [-0.4, -0.2) is 21.2 Å². The average Bonchev–Trinajstić information content (AvgIpc) is 2.55. The van der Waals surface area contributed by atoms with E-state index in [4.69, 9.17) is 4.74 Å². The Kier molecular flexibility index (Phi) is 6.80. The summed E-state index contributed by atoms with van der Waals surface area (Å²) in [5.41, 5.74) is 3.23. The predicted molar refractivity (Wildman–Crippen MR) is 105 cm³/mol. The number of benzene rings is 2. The molecule has 5 nitrogen and oxygen atoms in total. The number of ether oxygens (including phenoxy) is 1. The fourth-order valence-electron chi connectivity index (χ4n) is 2.79. The molecule has 0 aliphatic rings. The van der Waals surface area contributed by atoms with Crippen molar-refractivity contribution >= 4 is 16.2 Å². The van der Waals surface area contributed by atoms with Gasteiger partial charge in [0.25, 0.3) is 10.0 Å². The second-order valence-corrected chi connectivity index (χ2v) is 7.95. The van der Waals surface area contributed by atoms with Crippen molar-refractivity contribution in [2.45, 2.75) is 45.4 Å². The number of hydrogen-bond donors (Lipinski definition) is 1. The van der Waals surface area contributed by atoms with Gasteiger partial charge in [0.15, 0.2) is 0 Å². The minimum absolute atomic E-state index is 0.278. The fourth-order valence-corrected chi connectivity index (χ4v) is 4.04. The monoisotopic (exact) mass is 374 g/mol. The van der Waals surface area contributed by atoms with Crippen molar-refractivity contribution in [2.75, 3.05) is 6.61 Å². The van der Waals surface area contributed by atoms with Crippen LogP contribution >= 0.6 is 0 Å². The number of nitrogens with zero attached hydrogens (tertiary/aromatic N) is 1. The van der Waals surface area contributed by atoms with Crippen molar-refractivity contribution in [1.82, 2.24) is 4.83 Å². The minimum Gasteiger partial charge on any atom is -0.494 e. The van der Waals surface area contributed by atoms with Crippen LogP contribution in [0.25, 0.3) is 0 Å². The zero-order valence-corrected chi connectivity index (χ0v) is 16.6. The highest BCUT2D eigenvalue weighted by molar-refractivity contribution is 7.89. The lowest BCUT2D eigenvalue weighted by atomic mass is 10.1. The summed E-state index contributed by atoms with van der Waals surface area (Å²) in [7, 11) is -3.70. The predicted octanol–water partition coefficient (Wildman–Crippen LogP) is 4.10. The first-order valence-corrected chi connectivity index (χ1v) is 10.2. The molecule has 0 amide bonds. The molecule has 0 saturated carbocycles. The Bertz CT molecular complexity index is 849. The first-order chi connectivity index (χ1) is 12.3. The molecule has 1 N–H and O–H groups in total. The van der Waals surface area contributed by atoms with Gasteiger partial charge in [0.05, 0.1) is 17.7 Å². The van der Waals surface area contributed by atoms with Gasteiger partial charge < -0.3 is 4.74 Å². The summed E-state index contributed by atoms with van der Waals surface area (Å²) in [6, 6.07) is 11.1. The standard InChI is InChI=1S/C20H26N2O3S/c1-5-6-11-25-19-9-7-18(8-10-19)14-21-22-26(23,24)20-16(3)12-15(2)13-17(20)4/h7-10,12-14,22H,5-6,11H2,1-4H3/b21-14+. The van der Waals surface area contributed by atoms with Crippen LogP contribution in [0.2, 0.25) is 0 Å². The van der Waals surface area contributed by atoms with E-state index < -0.39 is 10.0 Å². The Hall–Kier alpha value is -2.34. The molecule has 0 aliphatic carbocycles. The smallest absolute Gasteiger partial charge is 0.277 e. The Morgan fingerprint density at radius 1 is 1.08 bits per heavy atom. The molecule has 0 spiro atoms. The lowest BCUT2D eigenvalue weighted by Gasteiger charge is -2.11. The van der Waals surface area contributed by atoms with Gasteiger partial charge in [-0.3, -0.25) is 0 Å². The van der Waals surface area contributed by atoms with Crippen molar-refractivity contribution in [2.24, 2.45) is 5.10 Å². The zero-order valence-electron chi connectivity index (χ0n) is 15.7. The van der Waals surface area contributed by atoms with Gasteiger partial charge in [-0.05, 0) is 68.1 Å². The number of sulfonamides is 1. The third-order valence-electron chi connectivity index (χ3n) is 3.91. The van der Waals surface area contributed by atoms with Crippen molar-refractivity contribution in [3.8, 4) is 5.75 Å². The van der Waals surface area contributed by atoms with Crippen LogP contribution in [0.5, 0.6) is 5.75 Å². The summed E-state index contributed by atoms with van der Waals surface area (Å²) in [5.74, 6) is 0.794. The Morgan fingerprint density at radius 2 is 1.69 bits per heavy atom. The quantitative estimate of drug-likeness (QED) is 0.430. The maximum atomic E-state index is 12.5. The van der Waals surface area contributed by atoms with Crippen LogP contribution < -0.4 is 9.57 Å².